The summed E-state index contributed by atoms with van der Waals surface area (Å²) >= 11 is 0. The van der Waals surface area contributed by atoms with E-state index in [0.717, 1.165) is 5.56 Å². The molecule has 3 aromatic carbocycles. The highest BCUT2D eigenvalue weighted by Crippen LogP contribution is 2.51. The number of ketones is 1. The SMILES string of the molecule is COCC(=O)N1C(C(N)=O)C(c2ccc(F)cc2)C(C(=O)c2cccc(C)c2)C1c1ccccc1. The molecule has 1 fully saturated rings. The topological polar surface area (TPSA) is 89.7 Å². The molecule has 35 heavy (non-hydrogen) atoms. The minimum absolute atomic E-state index is 0.226. The highest BCUT2D eigenvalue weighted by Gasteiger charge is 2.56. The molecule has 0 radical (unpaired) electrons. The molecular formula is C28H27FN2O4. The summed E-state index contributed by atoms with van der Waals surface area (Å²) in [6.45, 7) is 1.60. The van der Waals surface area contributed by atoms with E-state index in [1.54, 1.807) is 30.3 Å². The van der Waals surface area contributed by atoms with Gasteiger partial charge in [-0.3, -0.25) is 14.4 Å². The second-order valence-corrected chi connectivity index (χ2v) is 8.77. The number of methoxy groups -OCH3 is 1. The maximum atomic E-state index is 14.1. The van der Waals surface area contributed by atoms with E-state index in [4.69, 9.17) is 10.5 Å². The van der Waals surface area contributed by atoms with Crippen LogP contribution >= 0.6 is 0 Å². The molecule has 2 amide bonds. The first-order chi connectivity index (χ1) is 16.8. The molecule has 6 nitrogen and oxygen atoms in total. The number of Topliss-reactive ketones (excluding diaryl/α,β-unsaturated/α-hetero) is 1. The third-order valence-electron chi connectivity index (χ3n) is 6.52. The van der Waals surface area contributed by atoms with Gasteiger partial charge in [-0.15, -0.1) is 0 Å². The number of hydrogen-bond donors (Lipinski definition) is 1. The zero-order valence-electron chi connectivity index (χ0n) is 19.6. The Morgan fingerprint density at radius 2 is 1.63 bits per heavy atom. The van der Waals surface area contributed by atoms with Crippen molar-refractivity contribution in [1.82, 2.24) is 4.90 Å². The zero-order chi connectivity index (χ0) is 25.1. The van der Waals surface area contributed by atoms with Gasteiger partial charge in [-0.1, -0.05) is 66.2 Å². The van der Waals surface area contributed by atoms with Crippen molar-refractivity contribution in [2.75, 3.05) is 13.7 Å². The number of benzene rings is 3. The zero-order valence-corrected chi connectivity index (χ0v) is 19.6. The summed E-state index contributed by atoms with van der Waals surface area (Å²) < 4.78 is 18.9. The van der Waals surface area contributed by atoms with E-state index in [1.165, 1.54) is 24.1 Å². The normalized spacial score (nSPS) is 21.6. The Balaban J connectivity index is 1.98. The number of hydrogen-bond acceptors (Lipinski definition) is 4. The molecule has 0 spiro atoms. The van der Waals surface area contributed by atoms with Gasteiger partial charge in [0.2, 0.25) is 11.8 Å². The summed E-state index contributed by atoms with van der Waals surface area (Å²) in [6, 6.07) is 20.0. The van der Waals surface area contributed by atoms with Crippen molar-refractivity contribution < 1.29 is 23.5 Å². The summed E-state index contributed by atoms with van der Waals surface area (Å²) in [7, 11) is 1.39. The van der Waals surface area contributed by atoms with Crippen LogP contribution < -0.4 is 5.73 Å². The Bertz CT molecular complexity index is 1230. The molecule has 4 unspecified atom stereocenters. The minimum Gasteiger partial charge on any atom is -0.375 e. The predicted molar refractivity (Wildman–Crippen MR) is 129 cm³/mol. The molecule has 0 aromatic heterocycles. The van der Waals surface area contributed by atoms with Crippen LogP contribution in [0, 0.1) is 18.7 Å². The standard InChI is InChI=1S/C28H27FN2O4/c1-17-7-6-10-20(15-17)27(33)24-23(18-11-13-21(29)14-12-18)26(28(30)34)31(22(32)16-35-2)25(24)19-8-4-3-5-9-19/h3-15,23-26H,16H2,1-2H3,(H2,30,34). The van der Waals surface area contributed by atoms with Crippen molar-refractivity contribution >= 4 is 17.6 Å². The van der Waals surface area contributed by atoms with Gasteiger partial charge in [-0.25, -0.2) is 4.39 Å². The minimum atomic E-state index is -1.13. The van der Waals surface area contributed by atoms with E-state index >= 15 is 0 Å². The van der Waals surface area contributed by atoms with Crippen LogP contribution in [0.2, 0.25) is 0 Å². The number of primary amides is 1. The highest BCUT2D eigenvalue weighted by molar-refractivity contribution is 6.02. The third kappa shape index (κ3) is 4.72. The number of nitrogens with two attached hydrogens (primary N) is 1. The molecular weight excluding hydrogens is 447 g/mol. The molecule has 0 saturated carbocycles. The lowest BCUT2D eigenvalue weighted by molar-refractivity contribution is -0.143. The van der Waals surface area contributed by atoms with Crippen molar-refractivity contribution in [2.45, 2.75) is 24.9 Å². The van der Waals surface area contributed by atoms with Crippen LogP contribution in [0.3, 0.4) is 0 Å². The lowest BCUT2D eigenvalue weighted by atomic mass is 9.76. The van der Waals surface area contributed by atoms with Crippen molar-refractivity contribution in [2.24, 2.45) is 11.7 Å². The fourth-order valence-corrected chi connectivity index (χ4v) is 5.12. The lowest BCUT2D eigenvalue weighted by Gasteiger charge is -2.30. The van der Waals surface area contributed by atoms with Gasteiger partial charge >= 0.3 is 0 Å². The Kier molecular flexibility index (Phi) is 7.07. The summed E-state index contributed by atoms with van der Waals surface area (Å²) in [5.41, 5.74) is 8.50. The van der Waals surface area contributed by atoms with Gasteiger partial charge < -0.3 is 15.4 Å². The van der Waals surface area contributed by atoms with Gasteiger partial charge in [0.05, 0.1) is 12.0 Å². The number of halogens is 1. The molecule has 2 N–H and O–H groups in total. The Hall–Kier alpha value is -3.84. The number of amides is 2. The highest BCUT2D eigenvalue weighted by atomic mass is 19.1. The van der Waals surface area contributed by atoms with Gasteiger partial charge in [-0.05, 0) is 36.2 Å². The van der Waals surface area contributed by atoms with Crippen molar-refractivity contribution in [3.8, 4) is 0 Å². The van der Waals surface area contributed by atoms with E-state index in [0.29, 0.717) is 16.7 Å². The Morgan fingerprint density at radius 1 is 0.943 bits per heavy atom. The van der Waals surface area contributed by atoms with E-state index in [-0.39, 0.29) is 12.4 Å². The van der Waals surface area contributed by atoms with E-state index < -0.39 is 41.6 Å². The number of aryl methyl sites for hydroxylation is 1. The molecule has 0 bridgehead atoms. The van der Waals surface area contributed by atoms with E-state index in [9.17, 15) is 18.8 Å². The van der Waals surface area contributed by atoms with Gasteiger partial charge in [0.1, 0.15) is 18.5 Å². The second-order valence-electron chi connectivity index (χ2n) is 8.77. The number of rotatable bonds is 7. The number of nitrogens with zero attached hydrogens (tertiary/aromatic N) is 1. The number of likely N-dealkylation sites (tertiary alicyclic amines) is 1. The molecule has 4 rings (SSSR count). The summed E-state index contributed by atoms with van der Waals surface area (Å²) in [6.07, 6.45) is 0. The molecule has 7 heteroatoms. The molecule has 3 aromatic rings. The summed E-state index contributed by atoms with van der Waals surface area (Å²) in [5, 5.41) is 0. The maximum absolute atomic E-state index is 14.1. The van der Waals surface area contributed by atoms with Gasteiger partial charge in [0.15, 0.2) is 5.78 Å². The number of carbonyl (C=O) groups is 3. The maximum Gasteiger partial charge on any atom is 0.249 e. The Morgan fingerprint density at radius 3 is 2.23 bits per heavy atom. The first kappa shape index (κ1) is 24.3. The van der Waals surface area contributed by atoms with Crippen LogP contribution in [0.5, 0.6) is 0 Å². The van der Waals surface area contributed by atoms with Gasteiger partial charge in [0, 0.05) is 18.6 Å². The predicted octanol–water partition coefficient (Wildman–Crippen LogP) is 3.80. The monoisotopic (exact) mass is 474 g/mol. The number of carbonyl (C=O) groups excluding carboxylic acids is 3. The van der Waals surface area contributed by atoms with Crippen LogP contribution in [0.1, 0.15) is 39.0 Å². The fourth-order valence-electron chi connectivity index (χ4n) is 5.12. The van der Waals surface area contributed by atoms with E-state index in [2.05, 4.69) is 0 Å². The van der Waals surface area contributed by atoms with Crippen LogP contribution in [0.25, 0.3) is 0 Å². The van der Waals surface area contributed by atoms with Crippen LogP contribution in [-0.4, -0.2) is 42.3 Å². The lowest BCUT2D eigenvalue weighted by Crippen LogP contribution is -2.47. The third-order valence-corrected chi connectivity index (χ3v) is 6.52. The Labute approximate surface area is 203 Å². The number of ether oxygens (including phenoxy) is 1. The summed E-state index contributed by atoms with van der Waals surface area (Å²) in [5.74, 6) is -3.51. The fraction of sp³-hybridized carbons (Fsp3) is 0.250. The molecule has 1 aliphatic rings. The first-order valence-corrected chi connectivity index (χ1v) is 11.3. The van der Waals surface area contributed by atoms with Crippen molar-refractivity contribution in [3.63, 3.8) is 0 Å². The quantitative estimate of drug-likeness (QED) is 0.528. The van der Waals surface area contributed by atoms with Gasteiger partial charge in [0.25, 0.3) is 0 Å². The average Bonchev–Trinajstić information content (AvgIpc) is 3.21. The van der Waals surface area contributed by atoms with Crippen molar-refractivity contribution in [3.05, 3.63) is 107 Å². The first-order valence-electron chi connectivity index (χ1n) is 11.3. The average molecular weight is 475 g/mol. The van der Waals surface area contributed by atoms with E-state index in [1.807, 2.05) is 43.3 Å². The second kappa shape index (κ2) is 10.2. The molecule has 0 aliphatic carbocycles. The van der Waals surface area contributed by atoms with Crippen LogP contribution in [0.4, 0.5) is 4.39 Å². The molecule has 1 saturated heterocycles. The van der Waals surface area contributed by atoms with Gasteiger partial charge in [-0.2, -0.15) is 0 Å². The largest absolute Gasteiger partial charge is 0.375 e. The van der Waals surface area contributed by atoms with Crippen LogP contribution in [0.15, 0.2) is 78.9 Å². The van der Waals surface area contributed by atoms with Crippen LogP contribution in [-0.2, 0) is 14.3 Å². The molecule has 4 atom stereocenters. The summed E-state index contributed by atoms with van der Waals surface area (Å²) in [4.78, 5) is 41.8. The van der Waals surface area contributed by atoms with Crippen molar-refractivity contribution in [1.29, 1.82) is 0 Å². The molecule has 1 aliphatic heterocycles. The smallest absolute Gasteiger partial charge is 0.249 e. The molecule has 1 heterocycles. The molecule has 180 valence electrons.